The third-order valence-electron chi connectivity index (χ3n) is 4.34. The van der Waals surface area contributed by atoms with Gasteiger partial charge in [-0.25, -0.2) is 0 Å². The Labute approximate surface area is 160 Å². The van der Waals surface area contributed by atoms with Crippen molar-refractivity contribution in [1.82, 2.24) is 10.4 Å². The summed E-state index contributed by atoms with van der Waals surface area (Å²) in [6.45, 7) is 5.55. The van der Waals surface area contributed by atoms with Gasteiger partial charge in [-0.2, -0.15) is 0 Å². The molecule has 1 fully saturated rings. The summed E-state index contributed by atoms with van der Waals surface area (Å²) < 4.78 is 0. The highest BCUT2D eigenvalue weighted by atomic mass is 16.7. The quantitative estimate of drug-likeness (QED) is 0.351. The summed E-state index contributed by atoms with van der Waals surface area (Å²) in [5, 5.41) is 5.02. The molecule has 1 aliphatic rings. The van der Waals surface area contributed by atoms with E-state index in [9.17, 15) is 4.79 Å². The summed E-state index contributed by atoms with van der Waals surface area (Å²) >= 11 is 0. The number of rotatable bonds is 14. The Morgan fingerprint density at radius 2 is 1.50 bits per heavy atom. The Balaban J connectivity index is 1.84. The first-order valence-corrected chi connectivity index (χ1v) is 10.4. The standard InChI is InChI=1S/C22H38N2O2/c1-2-3-4-5-6-7-8-9-10-11-12-13-14-15-16-17-22(25)26-24-20-18-23-19-21-24/h3-4,6-7,9-10,23H,2,5,8,11-21H2,1H3/b4-3-,7-6-,10-9-. The van der Waals surface area contributed by atoms with Gasteiger partial charge in [-0.05, 0) is 38.5 Å². The maximum atomic E-state index is 11.7. The molecule has 0 unspecified atom stereocenters. The maximum absolute atomic E-state index is 11.7. The summed E-state index contributed by atoms with van der Waals surface area (Å²) in [7, 11) is 0. The Morgan fingerprint density at radius 3 is 2.23 bits per heavy atom. The molecule has 0 aromatic carbocycles. The van der Waals surface area contributed by atoms with Crippen LogP contribution in [-0.2, 0) is 9.63 Å². The number of piperazine rings is 1. The molecule has 0 atom stereocenters. The molecule has 4 nitrogen and oxygen atoms in total. The van der Waals surface area contributed by atoms with Crippen LogP contribution >= 0.6 is 0 Å². The van der Waals surface area contributed by atoms with E-state index in [1.807, 2.05) is 0 Å². The van der Waals surface area contributed by atoms with Crippen molar-refractivity contribution >= 4 is 5.97 Å². The van der Waals surface area contributed by atoms with Gasteiger partial charge in [0.25, 0.3) is 0 Å². The number of carbonyl (C=O) groups is 1. The monoisotopic (exact) mass is 362 g/mol. The molecule has 0 aromatic heterocycles. The van der Waals surface area contributed by atoms with Gasteiger partial charge >= 0.3 is 5.97 Å². The van der Waals surface area contributed by atoms with E-state index in [1.165, 1.54) is 19.3 Å². The average Bonchev–Trinajstić information content (AvgIpc) is 2.65. The lowest BCUT2D eigenvalue weighted by Gasteiger charge is -2.25. The van der Waals surface area contributed by atoms with Crippen molar-refractivity contribution < 1.29 is 9.63 Å². The molecule has 0 radical (unpaired) electrons. The number of hydrogen-bond donors (Lipinski definition) is 1. The second kappa shape index (κ2) is 17.0. The van der Waals surface area contributed by atoms with Crippen molar-refractivity contribution in [3.8, 4) is 0 Å². The van der Waals surface area contributed by atoms with E-state index in [4.69, 9.17) is 4.84 Å². The molecule has 0 spiro atoms. The first-order chi connectivity index (χ1) is 12.8. The summed E-state index contributed by atoms with van der Waals surface area (Å²) in [4.78, 5) is 17.1. The average molecular weight is 363 g/mol. The van der Waals surface area contributed by atoms with Crippen LogP contribution in [0.25, 0.3) is 0 Å². The Kier molecular flexibility index (Phi) is 14.8. The molecule has 1 aliphatic heterocycles. The molecule has 0 amide bonds. The predicted molar refractivity (Wildman–Crippen MR) is 110 cm³/mol. The first-order valence-electron chi connectivity index (χ1n) is 10.4. The van der Waals surface area contributed by atoms with Crippen molar-refractivity contribution in [3.63, 3.8) is 0 Å². The van der Waals surface area contributed by atoms with Crippen molar-refractivity contribution in [2.45, 2.75) is 71.1 Å². The smallest absolute Gasteiger partial charge is 0.325 e. The lowest BCUT2D eigenvalue weighted by molar-refractivity contribution is -0.192. The van der Waals surface area contributed by atoms with E-state index in [2.05, 4.69) is 48.7 Å². The summed E-state index contributed by atoms with van der Waals surface area (Å²) in [6, 6.07) is 0. The van der Waals surface area contributed by atoms with Crippen LogP contribution < -0.4 is 5.32 Å². The second-order valence-corrected chi connectivity index (χ2v) is 6.74. The number of unbranched alkanes of at least 4 members (excludes halogenated alkanes) is 5. The van der Waals surface area contributed by atoms with E-state index in [0.717, 1.165) is 64.7 Å². The van der Waals surface area contributed by atoms with E-state index >= 15 is 0 Å². The number of nitrogens with one attached hydrogen (secondary N) is 1. The number of hydrogen-bond acceptors (Lipinski definition) is 4. The minimum Gasteiger partial charge on any atom is -0.368 e. The van der Waals surface area contributed by atoms with Gasteiger partial charge in [-0.3, -0.25) is 4.79 Å². The lowest BCUT2D eigenvalue weighted by Crippen LogP contribution is -2.44. The van der Waals surface area contributed by atoms with Crippen LogP contribution in [0.2, 0.25) is 0 Å². The highest BCUT2D eigenvalue weighted by Crippen LogP contribution is 2.09. The normalized spacial score (nSPS) is 16.2. The molecule has 0 aromatic rings. The van der Waals surface area contributed by atoms with Crippen LogP contribution in [0.4, 0.5) is 0 Å². The predicted octanol–water partition coefficient (Wildman–Crippen LogP) is 4.94. The fraction of sp³-hybridized carbons (Fsp3) is 0.682. The van der Waals surface area contributed by atoms with Crippen LogP contribution in [-0.4, -0.2) is 37.2 Å². The van der Waals surface area contributed by atoms with Crippen molar-refractivity contribution in [2.75, 3.05) is 26.2 Å². The van der Waals surface area contributed by atoms with Crippen LogP contribution in [0.5, 0.6) is 0 Å². The summed E-state index contributed by atoms with van der Waals surface area (Å²) in [5.41, 5.74) is 0. The van der Waals surface area contributed by atoms with E-state index in [0.29, 0.717) is 6.42 Å². The number of hydroxylamine groups is 2. The first kappa shape index (κ1) is 22.7. The molecule has 148 valence electrons. The van der Waals surface area contributed by atoms with Gasteiger partial charge in [0.05, 0.1) is 0 Å². The fourth-order valence-corrected chi connectivity index (χ4v) is 2.81. The van der Waals surface area contributed by atoms with E-state index in [1.54, 1.807) is 5.06 Å². The van der Waals surface area contributed by atoms with Gasteiger partial charge in [0.1, 0.15) is 0 Å². The number of allylic oxidation sites excluding steroid dienone is 6. The van der Waals surface area contributed by atoms with Crippen LogP contribution in [0.3, 0.4) is 0 Å². The Hall–Kier alpha value is -1.39. The van der Waals surface area contributed by atoms with Crippen molar-refractivity contribution in [1.29, 1.82) is 0 Å². The van der Waals surface area contributed by atoms with Crippen LogP contribution in [0.15, 0.2) is 36.5 Å². The molecule has 0 aliphatic carbocycles. The lowest BCUT2D eigenvalue weighted by atomic mass is 10.1. The topological polar surface area (TPSA) is 41.6 Å². The highest BCUT2D eigenvalue weighted by Gasteiger charge is 2.14. The molecule has 1 N–H and O–H groups in total. The van der Waals surface area contributed by atoms with Crippen molar-refractivity contribution in [2.24, 2.45) is 0 Å². The van der Waals surface area contributed by atoms with E-state index in [-0.39, 0.29) is 5.97 Å². The second-order valence-electron chi connectivity index (χ2n) is 6.74. The largest absolute Gasteiger partial charge is 0.368 e. The zero-order chi connectivity index (χ0) is 18.7. The zero-order valence-electron chi connectivity index (χ0n) is 16.6. The van der Waals surface area contributed by atoms with E-state index < -0.39 is 0 Å². The van der Waals surface area contributed by atoms with Crippen molar-refractivity contribution in [3.05, 3.63) is 36.5 Å². The third kappa shape index (κ3) is 13.9. The molecule has 0 saturated carbocycles. The maximum Gasteiger partial charge on any atom is 0.325 e. The minimum atomic E-state index is -0.0759. The van der Waals surface area contributed by atoms with Crippen LogP contribution in [0.1, 0.15) is 71.1 Å². The molecule has 1 heterocycles. The van der Waals surface area contributed by atoms with Crippen LogP contribution in [0, 0.1) is 0 Å². The fourth-order valence-electron chi connectivity index (χ4n) is 2.81. The number of nitrogens with zero attached hydrogens (tertiary/aromatic N) is 1. The molecule has 1 saturated heterocycles. The van der Waals surface area contributed by atoms with Gasteiger partial charge in [0.15, 0.2) is 0 Å². The minimum absolute atomic E-state index is 0.0759. The molecular weight excluding hydrogens is 324 g/mol. The van der Waals surface area contributed by atoms with Gasteiger partial charge in [0.2, 0.25) is 0 Å². The third-order valence-corrected chi connectivity index (χ3v) is 4.34. The summed E-state index contributed by atoms with van der Waals surface area (Å²) in [6.07, 6.45) is 24.1. The molecule has 1 rings (SSSR count). The molecule has 26 heavy (non-hydrogen) atoms. The molecule has 0 bridgehead atoms. The SMILES string of the molecule is CC/C=C\C/C=C\C/C=C\CCCCCCCC(=O)ON1CCNCC1. The number of carbonyl (C=O) groups excluding carboxylic acids is 1. The molecule has 4 heteroatoms. The highest BCUT2D eigenvalue weighted by molar-refractivity contribution is 5.68. The Morgan fingerprint density at radius 1 is 0.885 bits per heavy atom. The van der Waals surface area contributed by atoms with Gasteiger partial charge < -0.3 is 10.2 Å². The zero-order valence-corrected chi connectivity index (χ0v) is 16.6. The Bertz CT molecular complexity index is 424. The van der Waals surface area contributed by atoms with Gasteiger partial charge in [-0.15, -0.1) is 5.06 Å². The molecular formula is C22H38N2O2. The van der Waals surface area contributed by atoms with Gasteiger partial charge in [-0.1, -0.05) is 62.6 Å². The summed E-state index contributed by atoms with van der Waals surface area (Å²) in [5.74, 6) is -0.0759. The van der Waals surface area contributed by atoms with Gasteiger partial charge in [0, 0.05) is 32.6 Å².